The van der Waals surface area contributed by atoms with Crippen molar-refractivity contribution in [3.8, 4) is 0 Å². The minimum Gasteiger partial charge on any atom is -1.00 e. The van der Waals surface area contributed by atoms with Crippen LogP contribution in [-0.4, -0.2) is 43.9 Å². The lowest BCUT2D eigenvalue weighted by Gasteiger charge is -2.41. The average molecular weight is 449 g/mol. The van der Waals surface area contributed by atoms with Crippen LogP contribution in [-0.2, 0) is 4.74 Å². The number of rotatable bonds is 18. The highest BCUT2D eigenvalue weighted by atomic mass is 79.9. The van der Waals surface area contributed by atoms with Gasteiger partial charge in [0.25, 0.3) is 0 Å². The van der Waals surface area contributed by atoms with Gasteiger partial charge in [0, 0.05) is 0 Å². The molecule has 0 saturated carbocycles. The zero-order valence-electron chi connectivity index (χ0n) is 18.8. The highest BCUT2D eigenvalue weighted by Crippen LogP contribution is 2.18. The van der Waals surface area contributed by atoms with Gasteiger partial charge in [0.1, 0.15) is 13.1 Å². The first-order chi connectivity index (χ1) is 12.8. The van der Waals surface area contributed by atoms with Gasteiger partial charge < -0.3 is 26.2 Å². The molecule has 164 valence electrons. The molecule has 1 rings (SSSR count). The van der Waals surface area contributed by atoms with Crippen LogP contribution in [0.25, 0.3) is 0 Å². The largest absolute Gasteiger partial charge is 1.00 e. The maximum atomic E-state index is 5.67. The van der Waals surface area contributed by atoms with Crippen LogP contribution in [0.4, 0.5) is 0 Å². The Bertz CT molecular complexity index is 270. The van der Waals surface area contributed by atoms with E-state index in [2.05, 4.69) is 13.8 Å². The van der Waals surface area contributed by atoms with Crippen LogP contribution in [0.2, 0.25) is 0 Å². The minimum atomic E-state index is 0. The van der Waals surface area contributed by atoms with Gasteiger partial charge in [-0.1, -0.05) is 90.9 Å². The van der Waals surface area contributed by atoms with E-state index in [-0.39, 0.29) is 17.0 Å². The first-order valence-electron chi connectivity index (χ1n) is 12.3. The number of ether oxygens (including phenoxy) is 1. The summed E-state index contributed by atoms with van der Waals surface area (Å²) >= 11 is 0. The Morgan fingerprint density at radius 2 is 0.852 bits per heavy atom. The van der Waals surface area contributed by atoms with Crippen molar-refractivity contribution in [2.75, 3.05) is 39.4 Å². The maximum absolute atomic E-state index is 5.67. The van der Waals surface area contributed by atoms with Crippen LogP contribution in [0.3, 0.4) is 0 Å². The number of morpholine rings is 1. The molecule has 0 atom stereocenters. The third-order valence-electron chi connectivity index (χ3n) is 6.39. The van der Waals surface area contributed by atoms with Gasteiger partial charge in [-0.05, 0) is 25.7 Å². The van der Waals surface area contributed by atoms with Gasteiger partial charge >= 0.3 is 0 Å². The van der Waals surface area contributed by atoms with Gasteiger partial charge in [-0.3, -0.25) is 0 Å². The first-order valence-corrected chi connectivity index (χ1v) is 12.3. The fourth-order valence-corrected chi connectivity index (χ4v) is 4.45. The molecule has 3 heteroatoms. The van der Waals surface area contributed by atoms with Crippen molar-refractivity contribution in [2.24, 2.45) is 0 Å². The molecule has 0 aliphatic carbocycles. The van der Waals surface area contributed by atoms with Crippen LogP contribution in [0.5, 0.6) is 0 Å². The van der Waals surface area contributed by atoms with E-state index in [1.807, 2.05) is 0 Å². The number of halogens is 1. The Balaban J connectivity index is 0.00000676. The van der Waals surface area contributed by atoms with Crippen LogP contribution in [0.1, 0.15) is 117 Å². The molecule has 0 radical (unpaired) electrons. The third-order valence-corrected chi connectivity index (χ3v) is 6.39. The molecule has 27 heavy (non-hydrogen) atoms. The fraction of sp³-hybridized carbons (Fsp3) is 1.00. The summed E-state index contributed by atoms with van der Waals surface area (Å²) in [4.78, 5) is 0. The Morgan fingerprint density at radius 1 is 0.519 bits per heavy atom. The topological polar surface area (TPSA) is 9.23 Å². The molecule has 2 nitrogen and oxygen atoms in total. The van der Waals surface area contributed by atoms with Gasteiger partial charge in [-0.25, -0.2) is 0 Å². The van der Waals surface area contributed by atoms with Crippen LogP contribution in [0.15, 0.2) is 0 Å². The molecule has 0 aromatic carbocycles. The van der Waals surface area contributed by atoms with E-state index < -0.39 is 0 Å². The van der Waals surface area contributed by atoms with Crippen molar-refractivity contribution in [1.29, 1.82) is 0 Å². The summed E-state index contributed by atoms with van der Waals surface area (Å²) in [7, 11) is 0. The summed E-state index contributed by atoms with van der Waals surface area (Å²) in [6, 6.07) is 0. The Hall–Kier alpha value is 0.400. The number of unbranched alkanes of at least 4 members (excludes halogenated alkanes) is 14. The molecule has 1 heterocycles. The van der Waals surface area contributed by atoms with Crippen LogP contribution < -0.4 is 17.0 Å². The molecule has 0 aromatic heterocycles. The number of nitrogens with zero attached hydrogens (tertiary/aromatic N) is 1. The van der Waals surface area contributed by atoms with Crippen molar-refractivity contribution >= 4 is 0 Å². The Kier molecular flexibility index (Phi) is 20.0. The number of hydrogen-bond donors (Lipinski definition) is 0. The molecule has 0 unspecified atom stereocenters. The second-order valence-electron chi connectivity index (χ2n) is 8.80. The molecule has 0 amide bonds. The van der Waals surface area contributed by atoms with Gasteiger partial charge in [-0.2, -0.15) is 0 Å². The zero-order valence-corrected chi connectivity index (χ0v) is 20.4. The lowest BCUT2D eigenvalue weighted by Crippen LogP contribution is -3.00. The van der Waals surface area contributed by atoms with E-state index in [4.69, 9.17) is 4.74 Å². The van der Waals surface area contributed by atoms with E-state index in [0.717, 1.165) is 13.2 Å². The normalized spacial score (nSPS) is 16.2. The Morgan fingerprint density at radius 3 is 1.22 bits per heavy atom. The van der Waals surface area contributed by atoms with Crippen LogP contribution >= 0.6 is 0 Å². The summed E-state index contributed by atoms with van der Waals surface area (Å²) in [6.45, 7) is 12.0. The minimum absolute atomic E-state index is 0. The zero-order chi connectivity index (χ0) is 18.8. The predicted octanol–water partition coefficient (Wildman–Crippen LogP) is 4.12. The summed E-state index contributed by atoms with van der Waals surface area (Å²) in [5.74, 6) is 0. The van der Waals surface area contributed by atoms with Crippen molar-refractivity contribution in [3.63, 3.8) is 0 Å². The summed E-state index contributed by atoms with van der Waals surface area (Å²) < 4.78 is 7.04. The van der Waals surface area contributed by atoms with Crippen molar-refractivity contribution in [2.45, 2.75) is 117 Å². The van der Waals surface area contributed by atoms with Gasteiger partial charge in [0.15, 0.2) is 0 Å². The van der Waals surface area contributed by atoms with Crippen LogP contribution in [0, 0.1) is 0 Å². The standard InChI is InChI=1S/C24H50NO.BrH/c1-3-5-7-9-11-13-15-17-19-25(21-23-26-24-22-25)20-18-16-14-12-10-8-6-4-2;/h3-24H2,1-2H3;1H/q+1;/p-1. The fourth-order valence-electron chi connectivity index (χ4n) is 4.45. The molecule has 0 bridgehead atoms. The molecule has 1 saturated heterocycles. The average Bonchev–Trinajstić information content (AvgIpc) is 2.67. The monoisotopic (exact) mass is 447 g/mol. The van der Waals surface area contributed by atoms with Crippen molar-refractivity contribution in [3.05, 3.63) is 0 Å². The highest BCUT2D eigenvalue weighted by molar-refractivity contribution is 4.55. The molecular formula is C24H50BrNO. The van der Waals surface area contributed by atoms with E-state index in [0.29, 0.717) is 0 Å². The lowest BCUT2D eigenvalue weighted by molar-refractivity contribution is -0.935. The second-order valence-corrected chi connectivity index (χ2v) is 8.80. The maximum Gasteiger partial charge on any atom is 0.102 e. The number of hydrogen-bond acceptors (Lipinski definition) is 1. The predicted molar refractivity (Wildman–Crippen MR) is 116 cm³/mol. The summed E-state index contributed by atoms with van der Waals surface area (Å²) in [5, 5.41) is 0. The van der Waals surface area contributed by atoms with E-state index in [1.165, 1.54) is 133 Å². The molecule has 1 aliphatic rings. The van der Waals surface area contributed by atoms with Gasteiger partial charge in [0.05, 0.1) is 26.3 Å². The van der Waals surface area contributed by atoms with Gasteiger partial charge in [-0.15, -0.1) is 0 Å². The molecule has 1 aliphatic heterocycles. The van der Waals surface area contributed by atoms with E-state index >= 15 is 0 Å². The van der Waals surface area contributed by atoms with E-state index in [1.54, 1.807) is 0 Å². The smallest absolute Gasteiger partial charge is 0.102 e. The quantitative estimate of drug-likeness (QED) is 0.226. The Labute approximate surface area is 182 Å². The SMILES string of the molecule is CCCCCCCCCC[N+]1(CCCCCCCCCC)CCOCC1.[Br-]. The third kappa shape index (κ3) is 15.0. The highest BCUT2D eigenvalue weighted by Gasteiger charge is 2.29. The van der Waals surface area contributed by atoms with Gasteiger partial charge in [0.2, 0.25) is 0 Å². The molecule has 0 N–H and O–H groups in total. The first kappa shape index (κ1) is 27.4. The second kappa shape index (κ2) is 19.7. The number of quaternary nitrogens is 1. The molecule has 0 aromatic rings. The molecule has 1 fully saturated rings. The molecule has 0 spiro atoms. The lowest BCUT2D eigenvalue weighted by atomic mass is 10.1. The van der Waals surface area contributed by atoms with Crippen molar-refractivity contribution < 1.29 is 26.2 Å². The molecular weight excluding hydrogens is 398 g/mol. The summed E-state index contributed by atoms with van der Waals surface area (Å²) in [5.41, 5.74) is 0. The van der Waals surface area contributed by atoms with E-state index in [9.17, 15) is 0 Å². The summed E-state index contributed by atoms with van der Waals surface area (Å²) in [6.07, 6.45) is 23.0. The van der Waals surface area contributed by atoms with Crippen molar-refractivity contribution in [1.82, 2.24) is 0 Å².